The number of aliphatic hydroxyl groups is 1. The third kappa shape index (κ3) is 2.97. The van der Waals surface area contributed by atoms with Gasteiger partial charge in [-0.3, -0.25) is 0 Å². The van der Waals surface area contributed by atoms with Gasteiger partial charge in [0.1, 0.15) is 5.82 Å². The van der Waals surface area contributed by atoms with Crippen molar-refractivity contribution < 1.29 is 5.11 Å². The van der Waals surface area contributed by atoms with Gasteiger partial charge >= 0.3 is 0 Å². The molecular formula is C14H22N2O. The van der Waals surface area contributed by atoms with Crippen LogP contribution in [-0.2, 0) is 0 Å². The van der Waals surface area contributed by atoms with E-state index in [9.17, 15) is 5.11 Å². The lowest BCUT2D eigenvalue weighted by Gasteiger charge is -2.22. The molecule has 2 rings (SSSR count). The highest BCUT2D eigenvalue weighted by Gasteiger charge is 2.13. The van der Waals surface area contributed by atoms with E-state index in [1.54, 1.807) is 6.92 Å². The number of rotatable bonds is 2. The van der Waals surface area contributed by atoms with Gasteiger partial charge in [0.15, 0.2) is 0 Å². The summed E-state index contributed by atoms with van der Waals surface area (Å²) in [5, 5.41) is 9.60. The molecule has 3 heteroatoms. The molecule has 17 heavy (non-hydrogen) atoms. The first-order valence-electron chi connectivity index (χ1n) is 6.58. The third-order valence-corrected chi connectivity index (χ3v) is 3.52. The van der Waals surface area contributed by atoms with Crippen LogP contribution in [0.1, 0.15) is 49.8 Å². The number of pyridine rings is 1. The summed E-state index contributed by atoms with van der Waals surface area (Å²) in [5.41, 5.74) is 2.07. The van der Waals surface area contributed by atoms with Crippen molar-refractivity contribution in [1.29, 1.82) is 0 Å². The summed E-state index contributed by atoms with van der Waals surface area (Å²) in [7, 11) is 0. The van der Waals surface area contributed by atoms with E-state index in [4.69, 9.17) is 0 Å². The molecule has 1 atom stereocenters. The molecule has 1 aliphatic rings. The number of aryl methyl sites for hydroxylation is 1. The van der Waals surface area contributed by atoms with Crippen LogP contribution >= 0.6 is 0 Å². The maximum absolute atomic E-state index is 9.60. The molecule has 3 nitrogen and oxygen atoms in total. The van der Waals surface area contributed by atoms with Crippen molar-refractivity contribution in [1.82, 2.24) is 4.98 Å². The van der Waals surface area contributed by atoms with Crippen molar-refractivity contribution >= 4 is 5.82 Å². The van der Waals surface area contributed by atoms with Crippen molar-refractivity contribution in [3.8, 4) is 0 Å². The van der Waals surface area contributed by atoms with E-state index in [2.05, 4.69) is 16.0 Å². The molecule has 0 radical (unpaired) electrons. The van der Waals surface area contributed by atoms with E-state index in [1.165, 1.54) is 25.7 Å². The molecule has 1 aromatic rings. The Kier molecular flexibility index (Phi) is 4.00. The summed E-state index contributed by atoms with van der Waals surface area (Å²) in [4.78, 5) is 6.86. The van der Waals surface area contributed by atoms with E-state index in [-0.39, 0.29) is 0 Å². The second-order valence-corrected chi connectivity index (χ2v) is 4.98. The molecule has 0 amide bonds. The summed E-state index contributed by atoms with van der Waals surface area (Å²) in [6, 6.07) is 2.10. The fourth-order valence-electron chi connectivity index (χ4n) is 2.46. The Morgan fingerprint density at radius 1 is 1.24 bits per heavy atom. The van der Waals surface area contributed by atoms with Crippen LogP contribution in [0.15, 0.2) is 12.3 Å². The first kappa shape index (κ1) is 12.4. The predicted octanol–water partition coefficient (Wildman–Crippen LogP) is 2.82. The van der Waals surface area contributed by atoms with Crippen LogP contribution in [0.2, 0.25) is 0 Å². The number of anilines is 1. The molecule has 0 aromatic carbocycles. The molecule has 94 valence electrons. The van der Waals surface area contributed by atoms with E-state index in [1.807, 2.05) is 13.1 Å². The van der Waals surface area contributed by atoms with Gasteiger partial charge in [0.2, 0.25) is 0 Å². The van der Waals surface area contributed by atoms with Crippen LogP contribution in [0, 0.1) is 6.92 Å². The molecular weight excluding hydrogens is 212 g/mol. The monoisotopic (exact) mass is 234 g/mol. The van der Waals surface area contributed by atoms with Gasteiger partial charge in [0.25, 0.3) is 0 Å². The van der Waals surface area contributed by atoms with Crippen molar-refractivity contribution in [2.45, 2.75) is 45.6 Å². The lowest BCUT2D eigenvalue weighted by atomic mass is 10.1. The minimum atomic E-state index is -0.430. The Bertz CT molecular complexity index is 368. The van der Waals surface area contributed by atoms with E-state index < -0.39 is 6.10 Å². The lowest BCUT2D eigenvalue weighted by molar-refractivity contribution is 0.198. The van der Waals surface area contributed by atoms with Crippen LogP contribution in [0.4, 0.5) is 5.82 Å². The predicted molar refractivity (Wildman–Crippen MR) is 70.3 cm³/mol. The topological polar surface area (TPSA) is 36.4 Å². The molecule has 0 saturated carbocycles. The van der Waals surface area contributed by atoms with Crippen molar-refractivity contribution in [3.63, 3.8) is 0 Å². The summed E-state index contributed by atoms with van der Waals surface area (Å²) in [5.74, 6) is 1.06. The van der Waals surface area contributed by atoms with Gasteiger partial charge in [-0.25, -0.2) is 4.98 Å². The maximum Gasteiger partial charge on any atom is 0.128 e. The fraction of sp³-hybridized carbons (Fsp3) is 0.643. The molecule has 1 aliphatic heterocycles. The molecule has 1 N–H and O–H groups in total. The van der Waals surface area contributed by atoms with Crippen LogP contribution in [0.3, 0.4) is 0 Å². The van der Waals surface area contributed by atoms with Crippen LogP contribution < -0.4 is 4.90 Å². The van der Waals surface area contributed by atoms with Gasteiger partial charge < -0.3 is 10.0 Å². The maximum atomic E-state index is 9.60. The second kappa shape index (κ2) is 5.50. The van der Waals surface area contributed by atoms with Crippen molar-refractivity contribution in [2.24, 2.45) is 0 Å². The number of hydrogen-bond acceptors (Lipinski definition) is 3. The largest absolute Gasteiger partial charge is 0.389 e. The number of hydrogen-bond donors (Lipinski definition) is 1. The first-order valence-corrected chi connectivity index (χ1v) is 6.58. The third-order valence-electron chi connectivity index (χ3n) is 3.52. The zero-order chi connectivity index (χ0) is 12.3. The zero-order valence-electron chi connectivity index (χ0n) is 10.8. The van der Waals surface area contributed by atoms with Gasteiger partial charge in [-0.15, -0.1) is 0 Å². The quantitative estimate of drug-likeness (QED) is 0.854. The van der Waals surface area contributed by atoms with Gasteiger partial charge in [-0.05, 0) is 38.3 Å². The minimum absolute atomic E-state index is 0.430. The van der Waals surface area contributed by atoms with Gasteiger partial charge in [-0.2, -0.15) is 0 Å². The molecule has 2 heterocycles. The van der Waals surface area contributed by atoms with Crippen LogP contribution in [0.5, 0.6) is 0 Å². The molecule has 1 aromatic heterocycles. The van der Waals surface area contributed by atoms with Crippen molar-refractivity contribution in [2.75, 3.05) is 18.0 Å². The Balaban J connectivity index is 2.18. The molecule has 0 aliphatic carbocycles. The molecule has 1 fully saturated rings. The van der Waals surface area contributed by atoms with E-state index in [0.717, 1.165) is 30.0 Å². The number of aromatic nitrogens is 1. The number of aliphatic hydroxyl groups excluding tert-OH is 1. The second-order valence-electron chi connectivity index (χ2n) is 4.98. The Labute approximate surface area is 103 Å². The average Bonchev–Trinajstić information content (AvgIpc) is 2.56. The van der Waals surface area contributed by atoms with Gasteiger partial charge in [0.05, 0.1) is 6.10 Å². The van der Waals surface area contributed by atoms with Crippen LogP contribution in [0.25, 0.3) is 0 Å². The summed E-state index contributed by atoms with van der Waals surface area (Å²) >= 11 is 0. The molecule has 1 saturated heterocycles. The smallest absolute Gasteiger partial charge is 0.128 e. The Morgan fingerprint density at radius 3 is 2.41 bits per heavy atom. The highest BCUT2D eigenvalue weighted by molar-refractivity contribution is 5.43. The van der Waals surface area contributed by atoms with E-state index >= 15 is 0 Å². The fourth-order valence-corrected chi connectivity index (χ4v) is 2.46. The van der Waals surface area contributed by atoms with Gasteiger partial charge in [0, 0.05) is 24.8 Å². The highest BCUT2D eigenvalue weighted by atomic mass is 16.3. The lowest BCUT2D eigenvalue weighted by Crippen LogP contribution is -2.25. The first-order chi connectivity index (χ1) is 8.18. The average molecular weight is 234 g/mol. The standard InChI is InChI=1S/C14H22N2O/c1-11-9-14(15-10-13(11)12(2)17)16-7-5-3-4-6-8-16/h9-10,12,17H,3-8H2,1-2H3. The Hall–Kier alpha value is -1.09. The summed E-state index contributed by atoms with van der Waals surface area (Å²) < 4.78 is 0. The zero-order valence-corrected chi connectivity index (χ0v) is 10.8. The molecule has 0 spiro atoms. The van der Waals surface area contributed by atoms with E-state index in [0.29, 0.717) is 0 Å². The Morgan fingerprint density at radius 2 is 1.88 bits per heavy atom. The molecule has 0 bridgehead atoms. The normalized spacial score (nSPS) is 18.9. The summed E-state index contributed by atoms with van der Waals surface area (Å²) in [6.45, 7) is 6.06. The highest BCUT2D eigenvalue weighted by Crippen LogP contribution is 2.22. The molecule has 1 unspecified atom stereocenters. The van der Waals surface area contributed by atoms with Crippen LogP contribution in [-0.4, -0.2) is 23.2 Å². The van der Waals surface area contributed by atoms with Gasteiger partial charge in [-0.1, -0.05) is 12.8 Å². The summed E-state index contributed by atoms with van der Waals surface area (Å²) in [6.07, 6.45) is 6.58. The van der Waals surface area contributed by atoms with Crippen molar-refractivity contribution in [3.05, 3.63) is 23.4 Å². The minimum Gasteiger partial charge on any atom is -0.389 e. The SMILES string of the molecule is Cc1cc(N2CCCCCC2)ncc1C(C)O. The number of nitrogens with zero attached hydrogens (tertiary/aromatic N) is 2.